The highest BCUT2D eigenvalue weighted by molar-refractivity contribution is 5.17. The molecule has 0 saturated carbocycles. The Morgan fingerprint density at radius 3 is 2.53 bits per heavy atom. The molecule has 0 radical (unpaired) electrons. The Labute approximate surface area is 104 Å². The largest absolute Gasteiger partial charge is 0.378 e. The van der Waals surface area contributed by atoms with E-state index in [1.807, 2.05) is 19.9 Å². The van der Waals surface area contributed by atoms with Crippen molar-refractivity contribution in [2.45, 2.75) is 52.2 Å². The summed E-state index contributed by atoms with van der Waals surface area (Å²) >= 11 is 0. The van der Waals surface area contributed by atoms with Gasteiger partial charge in [-0.3, -0.25) is 0 Å². The summed E-state index contributed by atoms with van der Waals surface area (Å²) in [6.07, 6.45) is 0.807. The molecule has 1 rings (SSSR count). The van der Waals surface area contributed by atoms with E-state index in [1.54, 1.807) is 7.11 Å². The van der Waals surface area contributed by atoms with Gasteiger partial charge in [0.2, 0.25) is 0 Å². The Kier molecular flexibility index (Phi) is 4.60. The Morgan fingerprint density at radius 2 is 2.06 bits per heavy atom. The maximum atomic E-state index is 6.21. The fourth-order valence-electron chi connectivity index (χ4n) is 1.45. The van der Waals surface area contributed by atoms with Crippen molar-refractivity contribution in [2.75, 3.05) is 7.11 Å². The van der Waals surface area contributed by atoms with E-state index < -0.39 is 5.54 Å². The average molecular weight is 237 g/mol. The van der Waals surface area contributed by atoms with Gasteiger partial charge in [-0.2, -0.15) is 0 Å². The summed E-state index contributed by atoms with van der Waals surface area (Å²) in [4.78, 5) is 9.05. The molecule has 0 bridgehead atoms. The van der Waals surface area contributed by atoms with Gasteiger partial charge in [-0.1, -0.05) is 20.8 Å². The second kappa shape index (κ2) is 5.56. The first-order chi connectivity index (χ1) is 7.90. The number of rotatable bonds is 5. The third-order valence-corrected chi connectivity index (χ3v) is 2.93. The van der Waals surface area contributed by atoms with E-state index in [9.17, 15) is 0 Å². The lowest BCUT2D eigenvalue weighted by molar-refractivity contribution is 0.180. The Morgan fingerprint density at radius 1 is 1.41 bits per heavy atom. The Bertz CT molecular complexity index is 375. The zero-order valence-electron chi connectivity index (χ0n) is 11.4. The third-order valence-electron chi connectivity index (χ3n) is 2.93. The highest BCUT2D eigenvalue weighted by Crippen LogP contribution is 2.21. The quantitative estimate of drug-likeness (QED) is 0.853. The molecule has 4 nitrogen and oxygen atoms in total. The zero-order valence-corrected chi connectivity index (χ0v) is 11.4. The van der Waals surface area contributed by atoms with Gasteiger partial charge in [0.15, 0.2) is 0 Å². The standard InChI is InChI=1S/C13H23N3O/c1-6-13(4,14)12-15-10(8-17-5)7-11(16-12)9(2)3/h7,9H,6,8,14H2,1-5H3. The number of ether oxygens (including phenoxy) is 1. The van der Waals surface area contributed by atoms with Gasteiger partial charge < -0.3 is 10.5 Å². The summed E-state index contributed by atoms with van der Waals surface area (Å²) in [5.41, 5.74) is 7.64. The molecule has 1 heterocycles. The van der Waals surface area contributed by atoms with Crippen LogP contribution in [0, 0.1) is 0 Å². The van der Waals surface area contributed by atoms with Crippen LogP contribution in [0.4, 0.5) is 0 Å². The number of aromatic nitrogens is 2. The molecule has 2 N–H and O–H groups in total. The molecule has 1 aromatic heterocycles. The van der Waals surface area contributed by atoms with E-state index in [0.717, 1.165) is 17.8 Å². The Balaban J connectivity index is 3.21. The molecule has 0 aliphatic rings. The minimum absolute atomic E-state index is 0.361. The number of hydrogen-bond donors (Lipinski definition) is 1. The van der Waals surface area contributed by atoms with E-state index in [4.69, 9.17) is 10.5 Å². The second-order valence-electron chi connectivity index (χ2n) is 4.97. The van der Waals surface area contributed by atoms with Crippen LogP contribution in [0.25, 0.3) is 0 Å². The van der Waals surface area contributed by atoms with Crippen LogP contribution in [0.5, 0.6) is 0 Å². The van der Waals surface area contributed by atoms with Crippen molar-refractivity contribution in [3.05, 3.63) is 23.3 Å². The molecule has 1 aromatic rings. The lowest BCUT2D eigenvalue weighted by Gasteiger charge is -2.22. The monoisotopic (exact) mass is 237 g/mol. The second-order valence-corrected chi connectivity index (χ2v) is 4.97. The fraction of sp³-hybridized carbons (Fsp3) is 0.692. The van der Waals surface area contributed by atoms with Gasteiger partial charge in [-0.15, -0.1) is 0 Å². The normalized spacial score (nSPS) is 15.0. The van der Waals surface area contributed by atoms with Crippen molar-refractivity contribution in [1.82, 2.24) is 9.97 Å². The Hall–Kier alpha value is -1.00. The highest BCUT2D eigenvalue weighted by atomic mass is 16.5. The van der Waals surface area contributed by atoms with Crippen molar-refractivity contribution >= 4 is 0 Å². The molecule has 96 valence electrons. The van der Waals surface area contributed by atoms with Gasteiger partial charge in [0.1, 0.15) is 5.82 Å². The van der Waals surface area contributed by atoms with Gasteiger partial charge >= 0.3 is 0 Å². The molecule has 4 heteroatoms. The van der Waals surface area contributed by atoms with E-state index in [-0.39, 0.29) is 0 Å². The van der Waals surface area contributed by atoms with E-state index in [0.29, 0.717) is 18.3 Å². The summed E-state index contributed by atoms with van der Waals surface area (Å²) in [5.74, 6) is 1.07. The third kappa shape index (κ3) is 3.48. The number of hydrogen-bond acceptors (Lipinski definition) is 4. The molecular formula is C13H23N3O. The van der Waals surface area contributed by atoms with E-state index in [2.05, 4.69) is 23.8 Å². The molecule has 0 amide bonds. The molecule has 0 aromatic carbocycles. The first-order valence-electron chi connectivity index (χ1n) is 6.06. The van der Waals surface area contributed by atoms with Gasteiger partial charge in [-0.25, -0.2) is 9.97 Å². The van der Waals surface area contributed by atoms with Crippen LogP contribution in [0.3, 0.4) is 0 Å². The summed E-state index contributed by atoms with van der Waals surface area (Å²) in [6, 6.07) is 1.99. The van der Waals surface area contributed by atoms with Gasteiger partial charge in [0.25, 0.3) is 0 Å². The summed E-state index contributed by atoms with van der Waals surface area (Å²) in [6.45, 7) is 8.73. The van der Waals surface area contributed by atoms with E-state index in [1.165, 1.54) is 0 Å². The van der Waals surface area contributed by atoms with Crippen molar-refractivity contribution in [1.29, 1.82) is 0 Å². The lowest BCUT2D eigenvalue weighted by Crippen LogP contribution is -2.35. The lowest BCUT2D eigenvalue weighted by atomic mass is 9.98. The van der Waals surface area contributed by atoms with Gasteiger partial charge in [0, 0.05) is 12.8 Å². The van der Waals surface area contributed by atoms with Crippen LogP contribution < -0.4 is 5.73 Å². The number of nitrogens with zero attached hydrogens (tertiary/aromatic N) is 2. The smallest absolute Gasteiger partial charge is 0.148 e. The molecule has 1 unspecified atom stereocenters. The SMILES string of the molecule is CCC(C)(N)c1nc(COC)cc(C(C)C)n1. The summed E-state index contributed by atoms with van der Waals surface area (Å²) in [5, 5.41) is 0. The molecular weight excluding hydrogens is 214 g/mol. The molecule has 0 fully saturated rings. The summed E-state index contributed by atoms with van der Waals surface area (Å²) in [7, 11) is 1.66. The molecule has 0 spiro atoms. The molecule has 0 saturated heterocycles. The molecule has 0 aliphatic heterocycles. The first-order valence-corrected chi connectivity index (χ1v) is 6.06. The topological polar surface area (TPSA) is 61.0 Å². The van der Waals surface area contributed by atoms with Crippen LogP contribution in [-0.4, -0.2) is 17.1 Å². The predicted octanol–water partition coefficient (Wildman–Crippen LogP) is 2.33. The first kappa shape index (κ1) is 14.1. The molecule has 0 aliphatic carbocycles. The average Bonchev–Trinajstić information content (AvgIpc) is 2.29. The van der Waals surface area contributed by atoms with Crippen LogP contribution in [-0.2, 0) is 16.9 Å². The van der Waals surface area contributed by atoms with Crippen molar-refractivity contribution in [3.8, 4) is 0 Å². The van der Waals surface area contributed by atoms with Crippen LogP contribution in [0.2, 0.25) is 0 Å². The zero-order chi connectivity index (χ0) is 13.1. The summed E-state index contributed by atoms with van der Waals surface area (Å²) < 4.78 is 5.13. The minimum Gasteiger partial charge on any atom is -0.378 e. The van der Waals surface area contributed by atoms with Crippen LogP contribution in [0.1, 0.15) is 57.2 Å². The maximum Gasteiger partial charge on any atom is 0.148 e. The van der Waals surface area contributed by atoms with Crippen LogP contribution >= 0.6 is 0 Å². The highest BCUT2D eigenvalue weighted by Gasteiger charge is 2.23. The van der Waals surface area contributed by atoms with Crippen molar-refractivity contribution < 1.29 is 4.74 Å². The predicted molar refractivity (Wildman–Crippen MR) is 68.7 cm³/mol. The van der Waals surface area contributed by atoms with Crippen LogP contribution in [0.15, 0.2) is 6.07 Å². The van der Waals surface area contributed by atoms with Gasteiger partial charge in [-0.05, 0) is 25.3 Å². The van der Waals surface area contributed by atoms with Gasteiger partial charge in [0.05, 0.1) is 17.8 Å². The number of nitrogens with two attached hydrogens (primary N) is 1. The molecule has 1 atom stereocenters. The number of methoxy groups -OCH3 is 1. The van der Waals surface area contributed by atoms with Crippen molar-refractivity contribution in [2.24, 2.45) is 5.73 Å². The van der Waals surface area contributed by atoms with E-state index >= 15 is 0 Å². The molecule has 17 heavy (non-hydrogen) atoms. The van der Waals surface area contributed by atoms with Crippen molar-refractivity contribution in [3.63, 3.8) is 0 Å². The minimum atomic E-state index is -0.479. The fourth-order valence-corrected chi connectivity index (χ4v) is 1.45. The maximum absolute atomic E-state index is 6.21.